The number of aromatic nitrogens is 2. The van der Waals surface area contributed by atoms with Gasteiger partial charge in [0.05, 0.1) is 0 Å². The van der Waals surface area contributed by atoms with E-state index in [1.165, 1.54) is 7.05 Å². The van der Waals surface area contributed by atoms with Gasteiger partial charge in [-0.3, -0.25) is 5.10 Å². The van der Waals surface area contributed by atoms with Gasteiger partial charge in [0.15, 0.2) is 11.6 Å². The van der Waals surface area contributed by atoms with Crippen LogP contribution in [0, 0.1) is 0 Å². The van der Waals surface area contributed by atoms with Gasteiger partial charge in [-0.05, 0) is 45.2 Å². The minimum atomic E-state index is -3.75. The van der Waals surface area contributed by atoms with E-state index in [0.29, 0.717) is 11.6 Å². The third-order valence-electron chi connectivity index (χ3n) is 5.46. The summed E-state index contributed by atoms with van der Waals surface area (Å²) in [7, 11) is -2.27. The number of aromatic amines is 1. The zero-order chi connectivity index (χ0) is 22.2. The lowest BCUT2D eigenvalue weighted by Gasteiger charge is -2.26. The highest BCUT2D eigenvalue weighted by atomic mass is 32.2. The summed E-state index contributed by atoms with van der Waals surface area (Å²) < 4.78 is 35.7. The molecule has 168 valence electrons. The maximum absolute atomic E-state index is 11.9. The van der Waals surface area contributed by atoms with Crippen LogP contribution in [0.5, 0.6) is 5.75 Å². The van der Waals surface area contributed by atoms with Crippen molar-refractivity contribution in [3.8, 4) is 5.75 Å². The molecule has 0 saturated heterocycles. The summed E-state index contributed by atoms with van der Waals surface area (Å²) in [6.07, 6.45) is 1.96. The maximum atomic E-state index is 11.9. The van der Waals surface area contributed by atoms with E-state index in [2.05, 4.69) is 20.8 Å². The third kappa shape index (κ3) is 4.77. The van der Waals surface area contributed by atoms with Crippen molar-refractivity contribution in [2.24, 2.45) is 0 Å². The molecule has 31 heavy (non-hydrogen) atoms. The molecule has 1 amide bonds. The van der Waals surface area contributed by atoms with Gasteiger partial charge in [-0.1, -0.05) is 6.07 Å². The fraction of sp³-hybridized carbons (Fsp3) is 0.500. The number of hydrogen-bond donors (Lipinski definition) is 3. The van der Waals surface area contributed by atoms with E-state index in [9.17, 15) is 13.2 Å². The van der Waals surface area contributed by atoms with Gasteiger partial charge >= 0.3 is 16.4 Å². The largest absolute Gasteiger partial charge is 0.446 e. The fourth-order valence-electron chi connectivity index (χ4n) is 3.90. The Labute approximate surface area is 181 Å². The van der Waals surface area contributed by atoms with Crippen molar-refractivity contribution in [3.63, 3.8) is 0 Å². The lowest BCUT2D eigenvalue weighted by molar-refractivity contribution is 0.0981. The third-order valence-corrected chi connectivity index (χ3v) is 6.74. The monoisotopic (exact) mass is 449 g/mol. The van der Waals surface area contributed by atoms with Gasteiger partial charge in [0.25, 0.3) is 0 Å². The molecule has 2 atom stereocenters. The van der Waals surface area contributed by atoms with Crippen molar-refractivity contribution in [2.75, 3.05) is 12.4 Å². The summed E-state index contributed by atoms with van der Waals surface area (Å²) in [5.41, 5.74) is 2.45. The molecule has 1 aliphatic carbocycles. The standard InChI is InChI=1S/C20H27N5O5S/c1-12(2)21-20(26)29-14-8-7-13(9-14)17-10-19(24-23-17)22-16-5-4-6-18-15(16)11-25(3)31(27,28)30-18/h4-6,10,12-14H,7-9,11H2,1-3H3,(H,21,26)(H2,22,23,24)/t13-,14+/m0/s1. The number of amides is 1. The van der Waals surface area contributed by atoms with Crippen molar-refractivity contribution < 1.29 is 22.1 Å². The van der Waals surface area contributed by atoms with Crippen LogP contribution in [0.1, 0.15) is 50.3 Å². The predicted octanol–water partition coefficient (Wildman–Crippen LogP) is 2.99. The fourth-order valence-corrected chi connectivity index (χ4v) is 4.70. The molecule has 0 bridgehead atoms. The first kappa shape index (κ1) is 21.4. The van der Waals surface area contributed by atoms with Crippen LogP contribution < -0.4 is 14.8 Å². The quantitative estimate of drug-likeness (QED) is 0.641. The number of ether oxygens (including phenoxy) is 1. The first-order valence-corrected chi connectivity index (χ1v) is 11.6. The van der Waals surface area contributed by atoms with Gasteiger partial charge in [0, 0.05) is 48.6 Å². The van der Waals surface area contributed by atoms with Crippen molar-refractivity contribution in [1.29, 1.82) is 0 Å². The zero-order valence-electron chi connectivity index (χ0n) is 17.7. The number of anilines is 2. The summed E-state index contributed by atoms with van der Waals surface area (Å²) in [6, 6.07) is 7.20. The Morgan fingerprint density at radius 2 is 2.16 bits per heavy atom. The smallest absolute Gasteiger partial charge is 0.407 e. The minimum Gasteiger partial charge on any atom is -0.446 e. The Hall–Kier alpha value is -2.79. The van der Waals surface area contributed by atoms with Crippen LogP contribution in [0.4, 0.5) is 16.3 Å². The SMILES string of the molecule is CC(C)NC(=O)O[C@@H]1CC[C@H](c2cc(Nc3cccc4c3CN(C)S(=O)(=O)O4)n[nH]2)C1. The van der Waals surface area contributed by atoms with E-state index >= 15 is 0 Å². The lowest BCUT2D eigenvalue weighted by atomic mass is 10.0. The second-order valence-electron chi connectivity index (χ2n) is 8.25. The van der Waals surface area contributed by atoms with Gasteiger partial charge in [-0.25, -0.2) is 4.79 Å². The first-order valence-electron chi connectivity index (χ1n) is 10.3. The normalized spacial score (nSPS) is 22.6. The molecular formula is C20H27N5O5S. The highest BCUT2D eigenvalue weighted by molar-refractivity contribution is 7.84. The number of nitrogens with zero attached hydrogens (tertiary/aromatic N) is 2. The Kier molecular flexibility index (Phi) is 5.80. The number of fused-ring (bicyclic) bond motifs is 1. The molecule has 0 unspecified atom stereocenters. The van der Waals surface area contributed by atoms with Crippen molar-refractivity contribution in [1.82, 2.24) is 19.8 Å². The van der Waals surface area contributed by atoms with E-state index in [4.69, 9.17) is 8.92 Å². The maximum Gasteiger partial charge on any atom is 0.407 e. The molecule has 1 aliphatic heterocycles. The van der Waals surface area contributed by atoms with Crippen LogP contribution in [0.15, 0.2) is 24.3 Å². The van der Waals surface area contributed by atoms with Gasteiger partial charge < -0.3 is 19.6 Å². The van der Waals surface area contributed by atoms with Crippen LogP contribution >= 0.6 is 0 Å². The summed E-state index contributed by atoms with van der Waals surface area (Å²) >= 11 is 0. The molecule has 1 aromatic carbocycles. The zero-order valence-corrected chi connectivity index (χ0v) is 18.5. The van der Waals surface area contributed by atoms with Crippen molar-refractivity contribution in [2.45, 2.75) is 57.7 Å². The summed E-state index contributed by atoms with van der Waals surface area (Å²) in [6.45, 7) is 3.99. The van der Waals surface area contributed by atoms with E-state index < -0.39 is 10.3 Å². The van der Waals surface area contributed by atoms with E-state index in [0.717, 1.165) is 40.5 Å². The van der Waals surface area contributed by atoms with Crippen LogP contribution in [-0.4, -0.2) is 48.2 Å². The number of carbonyl (C=O) groups excluding carboxylic acids is 1. The molecule has 1 aromatic heterocycles. The molecule has 3 N–H and O–H groups in total. The van der Waals surface area contributed by atoms with Crippen molar-refractivity contribution in [3.05, 3.63) is 35.5 Å². The average molecular weight is 450 g/mol. The highest BCUT2D eigenvalue weighted by Crippen LogP contribution is 2.37. The van der Waals surface area contributed by atoms with Gasteiger partial charge in [-0.2, -0.15) is 17.8 Å². The summed E-state index contributed by atoms with van der Waals surface area (Å²) in [5, 5.41) is 13.4. The molecule has 0 spiro atoms. The van der Waals surface area contributed by atoms with Crippen LogP contribution in [0.2, 0.25) is 0 Å². The molecule has 0 radical (unpaired) electrons. The van der Waals surface area contributed by atoms with Gasteiger partial charge in [0.1, 0.15) is 6.10 Å². The molecular weight excluding hydrogens is 422 g/mol. The second kappa shape index (κ2) is 8.39. The molecule has 4 rings (SSSR count). The molecule has 2 heterocycles. The van der Waals surface area contributed by atoms with Crippen LogP contribution in [-0.2, 0) is 21.6 Å². The molecule has 1 saturated carbocycles. The summed E-state index contributed by atoms with van der Waals surface area (Å²) in [5.74, 6) is 1.17. The van der Waals surface area contributed by atoms with E-state index in [1.54, 1.807) is 12.1 Å². The Bertz CT molecular complexity index is 1070. The number of alkyl carbamates (subject to hydrolysis) is 1. The molecule has 2 aliphatic rings. The predicted molar refractivity (Wildman–Crippen MR) is 114 cm³/mol. The number of hydrogen-bond acceptors (Lipinski definition) is 7. The molecule has 11 heteroatoms. The average Bonchev–Trinajstić information content (AvgIpc) is 3.32. The Balaban J connectivity index is 1.41. The lowest BCUT2D eigenvalue weighted by Crippen LogP contribution is -2.34. The van der Waals surface area contributed by atoms with Gasteiger partial charge in [-0.15, -0.1) is 0 Å². The number of carbonyl (C=O) groups is 1. The number of H-pyrrole nitrogens is 1. The van der Waals surface area contributed by atoms with Crippen LogP contribution in [0.25, 0.3) is 0 Å². The first-order chi connectivity index (χ1) is 14.7. The van der Waals surface area contributed by atoms with Crippen LogP contribution in [0.3, 0.4) is 0 Å². The molecule has 10 nitrogen and oxygen atoms in total. The number of rotatable bonds is 5. The number of benzene rings is 1. The summed E-state index contributed by atoms with van der Waals surface area (Å²) in [4.78, 5) is 11.8. The topological polar surface area (TPSA) is 126 Å². The number of nitrogens with one attached hydrogen (secondary N) is 3. The Morgan fingerprint density at radius 3 is 2.94 bits per heavy atom. The molecule has 2 aromatic rings. The van der Waals surface area contributed by atoms with E-state index in [1.807, 2.05) is 26.0 Å². The van der Waals surface area contributed by atoms with Crippen molar-refractivity contribution >= 4 is 27.9 Å². The Morgan fingerprint density at radius 1 is 1.35 bits per heavy atom. The van der Waals surface area contributed by atoms with Gasteiger partial charge in [0.2, 0.25) is 0 Å². The minimum absolute atomic E-state index is 0.0416. The second-order valence-corrected chi connectivity index (χ2v) is 9.89. The molecule has 1 fully saturated rings. The van der Waals surface area contributed by atoms with E-state index in [-0.39, 0.29) is 30.7 Å². The highest BCUT2D eigenvalue weighted by Gasteiger charge is 2.31.